The fraction of sp³-hybridized carbons (Fsp3) is 0.0714. The fourth-order valence-corrected chi connectivity index (χ4v) is 2.01. The molecule has 0 aliphatic rings. The molecule has 0 aliphatic heterocycles. The number of fused-ring (bicyclic) bond motifs is 3. The summed E-state index contributed by atoms with van der Waals surface area (Å²) in [4.78, 5) is 4.36. The Bertz CT molecular complexity index is 641. The maximum absolute atomic E-state index is 4.36. The van der Waals surface area contributed by atoms with Crippen molar-refractivity contribution in [3.63, 3.8) is 0 Å². The number of hydrogen-bond acceptors (Lipinski definition) is 1. The van der Waals surface area contributed by atoms with Crippen molar-refractivity contribution >= 4 is 21.5 Å². The van der Waals surface area contributed by atoms with Crippen molar-refractivity contribution in [3.8, 4) is 0 Å². The Morgan fingerprint density at radius 1 is 0.867 bits per heavy atom. The first kappa shape index (κ1) is 8.42. The van der Waals surface area contributed by atoms with Crippen molar-refractivity contribution in [3.05, 3.63) is 54.4 Å². The standard InChI is InChI=1S/C14H11N/c1-10-8-12-7-6-11-4-2-3-5-13(11)14(12)9-15-10/h2-9H,1H3. The molecule has 1 heteroatoms. The van der Waals surface area contributed by atoms with Gasteiger partial charge in [-0.25, -0.2) is 0 Å². The van der Waals surface area contributed by atoms with Gasteiger partial charge in [-0.2, -0.15) is 0 Å². The van der Waals surface area contributed by atoms with Gasteiger partial charge in [0.2, 0.25) is 0 Å². The Morgan fingerprint density at radius 2 is 1.67 bits per heavy atom. The number of benzene rings is 2. The molecule has 0 radical (unpaired) electrons. The molecular formula is C14H11N. The van der Waals surface area contributed by atoms with Crippen molar-refractivity contribution < 1.29 is 0 Å². The summed E-state index contributed by atoms with van der Waals surface area (Å²) in [5, 5.41) is 5.05. The smallest absolute Gasteiger partial charge is 0.0379 e. The Hall–Kier alpha value is -1.89. The summed E-state index contributed by atoms with van der Waals surface area (Å²) in [6.07, 6.45) is 1.97. The lowest BCUT2D eigenvalue weighted by atomic mass is 10.0. The maximum Gasteiger partial charge on any atom is 0.0379 e. The summed E-state index contributed by atoms with van der Waals surface area (Å²) in [5.41, 5.74) is 1.07. The molecule has 0 fully saturated rings. The minimum absolute atomic E-state index is 1.07. The summed E-state index contributed by atoms with van der Waals surface area (Å²) in [5.74, 6) is 0. The van der Waals surface area contributed by atoms with Crippen molar-refractivity contribution in [2.45, 2.75) is 6.92 Å². The van der Waals surface area contributed by atoms with Gasteiger partial charge < -0.3 is 0 Å². The second-order valence-electron chi connectivity index (χ2n) is 3.83. The van der Waals surface area contributed by atoms with E-state index in [1.165, 1.54) is 21.5 Å². The van der Waals surface area contributed by atoms with E-state index >= 15 is 0 Å². The van der Waals surface area contributed by atoms with E-state index in [-0.39, 0.29) is 0 Å². The monoisotopic (exact) mass is 193 g/mol. The number of aryl methyl sites for hydroxylation is 1. The van der Waals surface area contributed by atoms with Gasteiger partial charge in [0.05, 0.1) is 0 Å². The van der Waals surface area contributed by atoms with Crippen LogP contribution in [0.3, 0.4) is 0 Å². The molecule has 1 nitrogen and oxygen atoms in total. The van der Waals surface area contributed by atoms with Crippen LogP contribution in [0.25, 0.3) is 21.5 Å². The Kier molecular flexibility index (Phi) is 1.72. The average Bonchev–Trinajstić information content (AvgIpc) is 2.28. The summed E-state index contributed by atoms with van der Waals surface area (Å²) >= 11 is 0. The van der Waals surface area contributed by atoms with E-state index in [4.69, 9.17) is 0 Å². The molecule has 72 valence electrons. The Labute approximate surface area is 88.4 Å². The zero-order valence-corrected chi connectivity index (χ0v) is 8.57. The highest BCUT2D eigenvalue weighted by molar-refractivity contribution is 6.06. The van der Waals surface area contributed by atoms with Crippen LogP contribution in [0, 0.1) is 6.92 Å². The molecule has 0 saturated carbocycles. The van der Waals surface area contributed by atoms with E-state index in [9.17, 15) is 0 Å². The van der Waals surface area contributed by atoms with Gasteiger partial charge in [-0.1, -0.05) is 36.4 Å². The minimum Gasteiger partial charge on any atom is -0.261 e. The lowest BCUT2D eigenvalue weighted by Gasteiger charge is -2.03. The van der Waals surface area contributed by atoms with E-state index in [0.29, 0.717) is 0 Å². The number of nitrogens with zero attached hydrogens (tertiary/aromatic N) is 1. The molecule has 0 unspecified atom stereocenters. The van der Waals surface area contributed by atoms with E-state index < -0.39 is 0 Å². The predicted octanol–water partition coefficient (Wildman–Crippen LogP) is 3.70. The van der Waals surface area contributed by atoms with E-state index in [1.807, 2.05) is 13.1 Å². The van der Waals surface area contributed by atoms with Gasteiger partial charge in [0, 0.05) is 17.3 Å². The van der Waals surface area contributed by atoms with E-state index in [2.05, 4.69) is 47.4 Å². The van der Waals surface area contributed by atoms with Crippen LogP contribution in [0.5, 0.6) is 0 Å². The van der Waals surface area contributed by atoms with Gasteiger partial charge in [0.25, 0.3) is 0 Å². The third-order valence-electron chi connectivity index (χ3n) is 2.77. The first-order valence-corrected chi connectivity index (χ1v) is 5.09. The molecule has 2 aromatic carbocycles. The van der Waals surface area contributed by atoms with Crippen molar-refractivity contribution in [2.75, 3.05) is 0 Å². The van der Waals surface area contributed by atoms with Crippen molar-refractivity contribution in [1.82, 2.24) is 4.98 Å². The molecule has 0 aliphatic carbocycles. The molecule has 1 heterocycles. The highest BCUT2D eigenvalue weighted by Crippen LogP contribution is 2.24. The Morgan fingerprint density at radius 3 is 2.60 bits per heavy atom. The van der Waals surface area contributed by atoms with Gasteiger partial charge in [-0.05, 0) is 29.1 Å². The van der Waals surface area contributed by atoms with Gasteiger partial charge in [-0.15, -0.1) is 0 Å². The maximum atomic E-state index is 4.36. The summed E-state index contributed by atoms with van der Waals surface area (Å²) in [6, 6.07) is 14.9. The summed E-state index contributed by atoms with van der Waals surface area (Å²) < 4.78 is 0. The first-order chi connectivity index (χ1) is 7.34. The summed E-state index contributed by atoms with van der Waals surface area (Å²) in [6.45, 7) is 2.02. The molecule has 3 aromatic rings. The quantitative estimate of drug-likeness (QED) is 0.496. The van der Waals surface area contributed by atoms with Gasteiger partial charge in [0.1, 0.15) is 0 Å². The van der Waals surface area contributed by atoms with Gasteiger partial charge in [-0.3, -0.25) is 4.98 Å². The van der Waals surface area contributed by atoms with Crippen LogP contribution >= 0.6 is 0 Å². The van der Waals surface area contributed by atoms with Crippen LogP contribution in [0.4, 0.5) is 0 Å². The predicted molar refractivity (Wildman–Crippen MR) is 64.0 cm³/mol. The van der Waals surface area contributed by atoms with Crippen LogP contribution < -0.4 is 0 Å². The summed E-state index contributed by atoms with van der Waals surface area (Å²) in [7, 11) is 0. The molecule has 0 saturated heterocycles. The van der Waals surface area contributed by atoms with Gasteiger partial charge >= 0.3 is 0 Å². The van der Waals surface area contributed by atoms with Crippen LogP contribution in [0.15, 0.2) is 48.7 Å². The molecule has 0 atom stereocenters. The highest BCUT2D eigenvalue weighted by Gasteiger charge is 1.99. The normalized spacial score (nSPS) is 11.0. The zero-order valence-electron chi connectivity index (χ0n) is 8.57. The number of aromatic nitrogens is 1. The third-order valence-corrected chi connectivity index (χ3v) is 2.77. The lowest BCUT2D eigenvalue weighted by Crippen LogP contribution is -1.82. The molecule has 0 N–H and O–H groups in total. The topological polar surface area (TPSA) is 12.9 Å². The third kappa shape index (κ3) is 1.28. The molecule has 15 heavy (non-hydrogen) atoms. The molecule has 1 aromatic heterocycles. The zero-order chi connectivity index (χ0) is 10.3. The van der Waals surface area contributed by atoms with Crippen molar-refractivity contribution in [1.29, 1.82) is 0 Å². The van der Waals surface area contributed by atoms with E-state index in [1.54, 1.807) is 0 Å². The SMILES string of the molecule is Cc1cc2ccc3ccccc3c2cn1. The fourth-order valence-electron chi connectivity index (χ4n) is 2.01. The first-order valence-electron chi connectivity index (χ1n) is 5.09. The largest absolute Gasteiger partial charge is 0.261 e. The molecule has 0 amide bonds. The van der Waals surface area contributed by atoms with Crippen LogP contribution in [-0.2, 0) is 0 Å². The van der Waals surface area contributed by atoms with Gasteiger partial charge in [0.15, 0.2) is 0 Å². The second-order valence-corrected chi connectivity index (χ2v) is 3.83. The molecule has 3 rings (SSSR count). The number of rotatable bonds is 0. The van der Waals surface area contributed by atoms with Crippen LogP contribution in [0.1, 0.15) is 5.69 Å². The van der Waals surface area contributed by atoms with Crippen LogP contribution in [0.2, 0.25) is 0 Å². The van der Waals surface area contributed by atoms with Crippen molar-refractivity contribution in [2.24, 2.45) is 0 Å². The van der Waals surface area contributed by atoms with E-state index in [0.717, 1.165) is 5.69 Å². The number of hydrogen-bond donors (Lipinski definition) is 0. The lowest BCUT2D eigenvalue weighted by molar-refractivity contribution is 1.23. The molecule has 0 spiro atoms. The average molecular weight is 193 g/mol. The minimum atomic E-state index is 1.07. The number of pyridine rings is 1. The molecular weight excluding hydrogens is 182 g/mol. The second kappa shape index (κ2) is 3.06. The highest BCUT2D eigenvalue weighted by atomic mass is 14.7. The van der Waals surface area contributed by atoms with Crippen LogP contribution in [-0.4, -0.2) is 4.98 Å². The molecule has 0 bridgehead atoms. The Balaban J connectivity index is 2.55.